The molecule has 0 radical (unpaired) electrons. The van der Waals surface area contributed by atoms with Crippen LogP contribution in [0.4, 0.5) is 11.5 Å². The molecule has 0 amide bonds. The average Bonchev–Trinajstić information content (AvgIpc) is 3.28. The van der Waals surface area contributed by atoms with Crippen molar-refractivity contribution in [1.82, 2.24) is 24.5 Å². The predicted molar refractivity (Wildman–Crippen MR) is 141 cm³/mol. The van der Waals surface area contributed by atoms with Gasteiger partial charge in [0.15, 0.2) is 0 Å². The third-order valence-electron chi connectivity index (χ3n) is 6.37. The Hall–Kier alpha value is -3.85. The fourth-order valence-corrected chi connectivity index (χ4v) is 4.43. The average molecular weight is 488 g/mol. The lowest BCUT2D eigenvalue weighted by Crippen LogP contribution is -2.46. The minimum atomic E-state index is 0.432. The molecule has 0 bridgehead atoms. The number of piperazine rings is 1. The maximum Gasteiger partial charge on any atom is 0.212 e. The van der Waals surface area contributed by atoms with Gasteiger partial charge in [-0.2, -0.15) is 5.10 Å². The van der Waals surface area contributed by atoms with Crippen molar-refractivity contribution in [1.29, 1.82) is 0 Å². The van der Waals surface area contributed by atoms with Crippen LogP contribution in [0, 0.1) is 5.92 Å². The summed E-state index contributed by atoms with van der Waals surface area (Å²) >= 11 is 0. The van der Waals surface area contributed by atoms with Gasteiger partial charge in [0.1, 0.15) is 11.6 Å². The van der Waals surface area contributed by atoms with Crippen LogP contribution in [0.5, 0.6) is 11.6 Å². The predicted octanol–water partition coefficient (Wildman–Crippen LogP) is 3.74. The van der Waals surface area contributed by atoms with E-state index in [0.29, 0.717) is 24.1 Å². The van der Waals surface area contributed by atoms with Crippen LogP contribution in [-0.2, 0) is 6.54 Å². The first-order chi connectivity index (χ1) is 17.5. The molecule has 0 saturated carbocycles. The molecule has 4 aromatic rings. The number of aromatic nitrogens is 4. The van der Waals surface area contributed by atoms with Crippen molar-refractivity contribution in [2.75, 3.05) is 50.5 Å². The van der Waals surface area contributed by atoms with Gasteiger partial charge in [-0.15, -0.1) is 0 Å². The second-order valence-electron chi connectivity index (χ2n) is 9.56. The van der Waals surface area contributed by atoms with Crippen LogP contribution in [0.2, 0.25) is 0 Å². The second kappa shape index (κ2) is 10.4. The second-order valence-corrected chi connectivity index (χ2v) is 9.56. The van der Waals surface area contributed by atoms with Gasteiger partial charge in [-0.3, -0.25) is 4.90 Å². The van der Waals surface area contributed by atoms with Crippen molar-refractivity contribution < 1.29 is 9.47 Å². The Balaban J connectivity index is 1.27. The lowest BCUT2D eigenvalue weighted by atomic mass is 10.1. The molecule has 1 aliphatic heterocycles. The summed E-state index contributed by atoms with van der Waals surface area (Å²) in [7, 11) is 1.63. The highest BCUT2D eigenvalue weighted by atomic mass is 16.5. The Morgan fingerprint density at radius 2 is 1.83 bits per heavy atom. The van der Waals surface area contributed by atoms with Gasteiger partial charge in [0.25, 0.3) is 0 Å². The molecule has 0 atom stereocenters. The zero-order chi connectivity index (χ0) is 25.1. The Morgan fingerprint density at radius 1 is 1.00 bits per heavy atom. The van der Waals surface area contributed by atoms with Crippen LogP contribution in [0.1, 0.15) is 19.4 Å². The molecular weight excluding hydrogens is 454 g/mol. The normalized spacial score (nSPS) is 14.5. The summed E-state index contributed by atoms with van der Waals surface area (Å²) in [5.41, 5.74) is 10.9. The number of fused-ring (bicyclic) bond motifs is 1. The van der Waals surface area contributed by atoms with Crippen LogP contribution in [0.3, 0.4) is 0 Å². The summed E-state index contributed by atoms with van der Waals surface area (Å²) in [5, 5.41) is 4.40. The highest BCUT2D eigenvalue weighted by molar-refractivity contribution is 5.89. The number of hydrogen-bond donors (Lipinski definition) is 1. The first kappa shape index (κ1) is 23.9. The molecule has 2 N–H and O–H groups in total. The van der Waals surface area contributed by atoms with Crippen LogP contribution in [0.25, 0.3) is 16.6 Å². The fourth-order valence-electron chi connectivity index (χ4n) is 4.43. The molecule has 0 spiro atoms. The molecule has 1 saturated heterocycles. The van der Waals surface area contributed by atoms with Gasteiger partial charge in [0.05, 0.1) is 37.3 Å². The highest BCUT2D eigenvalue weighted by Crippen LogP contribution is 2.32. The molecule has 0 aromatic carbocycles. The molecule has 5 rings (SSSR count). The summed E-state index contributed by atoms with van der Waals surface area (Å²) in [6.07, 6.45) is 7.35. The van der Waals surface area contributed by atoms with Gasteiger partial charge < -0.3 is 20.1 Å². The lowest BCUT2D eigenvalue weighted by Gasteiger charge is -2.35. The number of nitrogen functional groups attached to an aromatic ring is 1. The Morgan fingerprint density at radius 3 is 2.50 bits per heavy atom. The van der Waals surface area contributed by atoms with E-state index in [4.69, 9.17) is 20.2 Å². The Bertz CT molecular complexity index is 1290. The number of nitrogens with zero attached hydrogens (tertiary/aromatic N) is 6. The molecular formula is C27H33N7O2. The maximum absolute atomic E-state index is 6.25. The van der Waals surface area contributed by atoms with Gasteiger partial charge in [0.2, 0.25) is 5.88 Å². The van der Waals surface area contributed by atoms with E-state index in [9.17, 15) is 0 Å². The Kier molecular flexibility index (Phi) is 6.90. The van der Waals surface area contributed by atoms with Gasteiger partial charge >= 0.3 is 0 Å². The van der Waals surface area contributed by atoms with E-state index in [-0.39, 0.29) is 0 Å². The van der Waals surface area contributed by atoms with Crippen molar-refractivity contribution in [3.8, 4) is 22.8 Å². The number of rotatable bonds is 8. The van der Waals surface area contributed by atoms with Crippen LogP contribution < -0.4 is 20.1 Å². The number of methoxy groups -OCH3 is 1. The highest BCUT2D eigenvalue weighted by Gasteiger charge is 2.19. The zero-order valence-electron chi connectivity index (χ0n) is 21.1. The first-order valence-electron chi connectivity index (χ1n) is 12.3. The van der Waals surface area contributed by atoms with Crippen molar-refractivity contribution in [3.05, 3.63) is 60.7 Å². The van der Waals surface area contributed by atoms with Crippen LogP contribution in [-0.4, -0.2) is 64.4 Å². The van der Waals surface area contributed by atoms with Gasteiger partial charge in [0, 0.05) is 62.3 Å². The van der Waals surface area contributed by atoms with Crippen molar-refractivity contribution in [3.63, 3.8) is 0 Å². The van der Waals surface area contributed by atoms with E-state index in [1.54, 1.807) is 17.8 Å². The van der Waals surface area contributed by atoms with Gasteiger partial charge in [-0.05, 0) is 29.7 Å². The van der Waals surface area contributed by atoms with E-state index >= 15 is 0 Å². The Labute approximate surface area is 211 Å². The fraction of sp³-hybridized carbons (Fsp3) is 0.370. The van der Waals surface area contributed by atoms with Crippen LogP contribution in [0.15, 0.2) is 55.1 Å². The van der Waals surface area contributed by atoms with Crippen molar-refractivity contribution in [2.24, 2.45) is 5.92 Å². The molecule has 0 aliphatic carbocycles. The third kappa shape index (κ3) is 5.21. The van der Waals surface area contributed by atoms with E-state index in [1.807, 2.05) is 30.7 Å². The van der Waals surface area contributed by atoms with Gasteiger partial charge in [-0.25, -0.2) is 14.5 Å². The molecule has 4 aromatic heterocycles. The first-order valence-corrected chi connectivity index (χ1v) is 12.3. The molecule has 36 heavy (non-hydrogen) atoms. The summed E-state index contributed by atoms with van der Waals surface area (Å²) in [6.45, 7) is 9.57. The molecule has 5 heterocycles. The van der Waals surface area contributed by atoms with E-state index in [1.165, 1.54) is 5.56 Å². The largest absolute Gasteiger partial charge is 0.492 e. The smallest absolute Gasteiger partial charge is 0.212 e. The summed E-state index contributed by atoms with van der Waals surface area (Å²) in [6, 6.07) is 10.2. The number of nitrogens with two attached hydrogens (primary N) is 1. The van der Waals surface area contributed by atoms with E-state index < -0.39 is 0 Å². The number of pyridine rings is 3. The number of ether oxygens (including phenoxy) is 2. The number of anilines is 2. The third-order valence-corrected chi connectivity index (χ3v) is 6.37. The van der Waals surface area contributed by atoms with E-state index in [2.05, 4.69) is 51.9 Å². The molecule has 188 valence electrons. The topological polar surface area (TPSA) is 94.0 Å². The number of hydrogen-bond acceptors (Lipinski definition) is 8. The molecule has 9 heteroatoms. The van der Waals surface area contributed by atoms with Crippen molar-refractivity contribution in [2.45, 2.75) is 20.4 Å². The van der Waals surface area contributed by atoms with Gasteiger partial charge in [-0.1, -0.05) is 19.9 Å². The minimum Gasteiger partial charge on any atom is -0.492 e. The molecule has 1 aliphatic rings. The molecule has 9 nitrogen and oxygen atoms in total. The SMILES string of the molecule is COc1ccc(CN2CCN(c3ccc(-c4cc(OCC(C)C)cn5ncc(N)c45)cn3)CC2)cn1. The minimum absolute atomic E-state index is 0.432. The molecule has 0 unspecified atom stereocenters. The quantitative estimate of drug-likeness (QED) is 0.402. The van der Waals surface area contributed by atoms with Crippen LogP contribution >= 0.6 is 0 Å². The zero-order valence-corrected chi connectivity index (χ0v) is 21.1. The summed E-state index contributed by atoms with van der Waals surface area (Å²) < 4.78 is 12.9. The monoisotopic (exact) mass is 487 g/mol. The maximum atomic E-state index is 6.25. The van der Waals surface area contributed by atoms with E-state index in [0.717, 1.165) is 60.9 Å². The summed E-state index contributed by atoms with van der Waals surface area (Å²) in [4.78, 5) is 13.9. The lowest BCUT2D eigenvalue weighted by molar-refractivity contribution is 0.249. The summed E-state index contributed by atoms with van der Waals surface area (Å²) in [5.74, 6) is 2.82. The standard InChI is InChI=1S/C27H33N7O2/c1-19(2)18-36-22-12-23(27-24(28)15-31-34(27)17-22)21-5-6-25(29-14-21)33-10-8-32(9-11-33)16-20-4-7-26(35-3)30-13-20/h4-7,12-15,17,19H,8-11,16,18,28H2,1-3H3. The molecule has 1 fully saturated rings. The van der Waals surface area contributed by atoms with Crippen molar-refractivity contribution >= 4 is 17.0 Å².